The SMILES string of the molecule is CCC1(C)NC(=O)C(C)(C2CC2)N(CC2CCC2)C1=O. The average molecular weight is 278 g/mol. The Kier molecular flexibility index (Phi) is 3.11. The quantitative estimate of drug-likeness (QED) is 0.856. The third-order valence-electron chi connectivity index (χ3n) is 5.87. The zero-order valence-electron chi connectivity index (χ0n) is 12.9. The summed E-state index contributed by atoms with van der Waals surface area (Å²) in [6.07, 6.45) is 6.47. The molecule has 1 N–H and O–H groups in total. The molecule has 1 aliphatic heterocycles. The summed E-state index contributed by atoms with van der Waals surface area (Å²) in [4.78, 5) is 27.6. The lowest BCUT2D eigenvalue weighted by Crippen LogP contribution is -2.75. The number of nitrogens with zero attached hydrogens (tertiary/aromatic N) is 1. The monoisotopic (exact) mass is 278 g/mol. The number of hydrogen-bond donors (Lipinski definition) is 1. The Morgan fingerprint density at radius 1 is 1.20 bits per heavy atom. The normalized spacial score (nSPS) is 38.6. The van der Waals surface area contributed by atoms with Crippen LogP contribution >= 0.6 is 0 Å². The number of amides is 2. The third kappa shape index (κ3) is 1.87. The van der Waals surface area contributed by atoms with Gasteiger partial charge in [0.1, 0.15) is 11.1 Å². The van der Waals surface area contributed by atoms with E-state index in [9.17, 15) is 9.59 Å². The summed E-state index contributed by atoms with van der Waals surface area (Å²) in [5.74, 6) is 1.14. The van der Waals surface area contributed by atoms with Crippen LogP contribution in [0.15, 0.2) is 0 Å². The maximum atomic E-state index is 13.0. The molecule has 0 aromatic rings. The van der Waals surface area contributed by atoms with Gasteiger partial charge in [0, 0.05) is 6.54 Å². The van der Waals surface area contributed by atoms with Crippen LogP contribution in [0.2, 0.25) is 0 Å². The Morgan fingerprint density at radius 2 is 1.85 bits per heavy atom. The van der Waals surface area contributed by atoms with Crippen molar-refractivity contribution >= 4 is 11.8 Å². The van der Waals surface area contributed by atoms with E-state index in [0.717, 1.165) is 19.4 Å². The first-order valence-corrected chi connectivity index (χ1v) is 8.06. The van der Waals surface area contributed by atoms with Crippen molar-refractivity contribution in [3.05, 3.63) is 0 Å². The van der Waals surface area contributed by atoms with E-state index in [1.54, 1.807) is 0 Å². The van der Waals surface area contributed by atoms with Gasteiger partial charge in [-0.15, -0.1) is 0 Å². The predicted octanol–water partition coefficient (Wildman–Crippen LogP) is 2.08. The lowest BCUT2D eigenvalue weighted by atomic mass is 9.79. The Labute approximate surface area is 121 Å². The summed E-state index contributed by atoms with van der Waals surface area (Å²) in [5.41, 5.74) is -1.32. The van der Waals surface area contributed by atoms with E-state index in [2.05, 4.69) is 5.32 Å². The second-order valence-corrected chi connectivity index (χ2v) is 7.27. The maximum absolute atomic E-state index is 13.0. The molecule has 0 aromatic heterocycles. The van der Waals surface area contributed by atoms with Crippen molar-refractivity contribution in [3.63, 3.8) is 0 Å². The van der Waals surface area contributed by atoms with E-state index in [0.29, 0.717) is 18.3 Å². The Balaban J connectivity index is 1.91. The van der Waals surface area contributed by atoms with Crippen molar-refractivity contribution < 1.29 is 9.59 Å². The number of carbonyl (C=O) groups excluding carboxylic acids is 2. The Morgan fingerprint density at radius 3 is 2.30 bits per heavy atom. The highest BCUT2D eigenvalue weighted by Gasteiger charge is 2.59. The van der Waals surface area contributed by atoms with Gasteiger partial charge in [0.05, 0.1) is 0 Å². The van der Waals surface area contributed by atoms with Gasteiger partial charge >= 0.3 is 0 Å². The Hall–Kier alpha value is -1.06. The van der Waals surface area contributed by atoms with Gasteiger partial charge in [-0.25, -0.2) is 0 Å². The highest BCUT2D eigenvalue weighted by molar-refractivity contribution is 6.02. The molecule has 0 spiro atoms. The molecule has 1 saturated heterocycles. The molecule has 2 atom stereocenters. The minimum Gasteiger partial charge on any atom is -0.340 e. The molecule has 2 amide bonds. The molecular weight excluding hydrogens is 252 g/mol. The molecule has 3 aliphatic rings. The van der Waals surface area contributed by atoms with Crippen molar-refractivity contribution in [1.82, 2.24) is 10.2 Å². The van der Waals surface area contributed by atoms with Gasteiger partial charge in [-0.05, 0) is 57.8 Å². The van der Waals surface area contributed by atoms with Crippen molar-refractivity contribution in [2.75, 3.05) is 6.54 Å². The molecule has 3 fully saturated rings. The fourth-order valence-electron chi connectivity index (χ4n) is 3.56. The number of hydrogen-bond acceptors (Lipinski definition) is 2. The fourth-order valence-corrected chi connectivity index (χ4v) is 3.56. The predicted molar refractivity (Wildman–Crippen MR) is 77.0 cm³/mol. The van der Waals surface area contributed by atoms with E-state index in [4.69, 9.17) is 0 Å². The molecule has 0 bridgehead atoms. The van der Waals surface area contributed by atoms with Crippen LogP contribution in [0.3, 0.4) is 0 Å². The molecule has 0 aromatic carbocycles. The van der Waals surface area contributed by atoms with E-state index >= 15 is 0 Å². The highest BCUT2D eigenvalue weighted by Crippen LogP contribution is 2.47. The van der Waals surface area contributed by atoms with Crippen LogP contribution in [-0.2, 0) is 9.59 Å². The first-order chi connectivity index (χ1) is 9.41. The first kappa shape index (κ1) is 13.9. The molecule has 1 heterocycles. The molecule has 112 valence electrons. The van der Waals surface area contributed by atoms with E-state index in [1.165, 1.54) is 19.3 Å². The second-order valence-electron chi connectivity index (χ2n) is 7.27. The van der Waals surface area contributed by atoms with Gasteiger partial charge in [0.15, 0.2) is 0 Å². The molecule has 3 rings (SSSR count). The summed E-state index contributed by atoms with van der Waals surface area (Å²) in [6.45, 7) is 6.59. The minimum atomic E-state index is -0.713. The topological polar surface area (TPSA) is 49.4 Å². The number of rotatable bonds is 4. The second kappa shape index (κ2) is 4.47. The van der Waals surface area contributed by atoms with Crippen LogP contribution in [-0.4, -0.2) is 34.3 Å². The number of piperazine rings is 1. The molecule has 2 saturated carbocycles. The van der Waals surface area contributed by atoms with Gasteiger partial charge < -0.3 is 10.2 Å². The number of nitrogens with one attached hydrogen (secondary N) is 1. The summed E-state index contributed by atoms with van der Waals surface area (Å²) in [7, 11) is 0. The van der Waals surface area contributed by atoms with E-state index < -0.39 is 11.1 Å². The van der Waals surface area contributed by atoms with Gasteiger partial charge in [-0.2, -0.15) is 0 Å². The standard InChI is InChI=1S/C16H26N2O2/c1-4-15(2)14(20)18(10-11-6-5-7-11)16(3,12-8-9-12)13(19)17-15/h11-12H,4-10H2,1-3H3,(H,17,19). The zero-order valence-corrected chi connectivity index (χ0v) is 12.9. The van der Waals surface area contributed by atoms with Crippen molar-refractivity contribution in [2.45, 2.75) is 70.4 Å². The lowest BCUT2D eigenvalue weighted by molar-refractivity contribution is -0.164. The van der Waals surface area contributed by atoms with Gasteiger partial charge in [0.2, 0.25) is 11.8 Å². The van der Waals surface area contributed by atoms with Crippen molar-refractivity contribution in [2.24, 2.45) is 11.8 Å². The molecule has 20 heavy (non-hydrogen) atoms. The largest absolute Gasteiger partial charge is 0.340 e. The molecular formula is C16H26N2O2. The van der Waals surface area contributed by atoms with Crippen molar-refractivity contribution in [1.29, 1.82) is 0 Å². The lowest BCUT2D eigenvalue weighted by Gasteiger charge is -2.52. The minimum absolute atomic E-state index is 0.0586. The molecule has 4 heteroatoms. The zero-order chi connectivity index (χ0) is 14.5. The third-order valence-corrected chi connectivity index (χ3v) is 5.87. The summed E-state index contributed by atoms with van der Waals surface area (Å²) < 4.78 is 0. The summed E-state index contributed by atoms with van der Waals surface area (Å²) in [5, 5.41) is 3.01. The molecule has 2 unspecified atom stereocenters. The summed E-state index contributed by atoms with van der Waals surface area (Å²) >= 11 is 0. The van der Waals surface area contributed by atoms with Gasteiger partial charge in [0.25, 0.3) is 0 Å². The van der Waals surface area contributed by atoms with E-state index in [1.807, 2.05) is 25.7 Å². The molecule has 4 nitrogen and oxygen atoms in total. The Bertz CT molecular complexity index is 442. The van der Waals surface area contributed by atoms with Crippen LogP contribution in [0.25, 0.3) is 0 Å². The van der Waals surface area contributed by atoms with Crippen LogP contribution < -0.4 is 5.32 Å². The molecule has 0 radical (unpaired) electrons. The summed E-state index contributed by atoms with van der Waals surface area (Å²) in [6, 6.07) is 0. The highest BCUT2D eigenvalue weighted by atomic mass is 16.2. The van der Waals surface area contributed by atoms with Crippen LogP contribution in [0.4, 0.5) is 0 Å². The van der Waals surface area contributed by atoms with Gasteiger partial charge in [-0.1, -0.05) is 13.3 Å². The van der Waals surface area contributed by atoms with Crippen LogP contribution in [0.1, 0.15) is 59.3 Å². The molecule has 2 aliphatic carbocycles. The van der Waals surface area contributed by atoms with E-state index in [-0.39, 0.29) is 11.8 Å². The van der Waals surface area contributed by atoms with Crippen molar-refractivity contribution in [3.8, 4) is 0 Å². The maximum Gasteiger partial charge on any atom is 0.248 e. The van der Waals surface area contributed by atoms with Crippen LogP contribution in [0, 0.1) is 11.8 Å². The van der Waals surface area contributed by atoms with Gasteiger partial charge in [-0.3, -0.25) is 9.59 Å². The fraction of sp³-hybridized carbons (Fsp3) is 0.875. The average Bonchev–Trinajstić information content (AvgIpc) is 3.19. The number of carbonyl (C=O) groups is 2. The van der Waals surface area contributed by atoms with Crippen LogP contribution in [0.5, 0.6) is 0 Å². The smallest absolute Gasteiger partial charge is 0.248 e. The first-order valence-electron chi connectivity index (χ1n) is 8.06.